The molecule has 6 nitrogen and oxygen atoms in total. The highest BCUT2D eigenvalue weighted by Gasteiger charge is 2.22. The summed E-state index contributed by atoms with van der Waals surface area (Å²) in [5.41, 5.74) is 0. The molecule has 2 N–H and O–H groups in total. The number of ether oxygens (including phenoxy) is 1. The van der Waals surface area contributed by atoms with Crippen LogP contribution < -0.4 is 10.0 Å². The maximum Gasteiger partial charge on any atom is 0.279 e. The van der Waals surface area contributed by atoms with Crippen LogP contribution in [0.25, 0.3) is 0 Å². The highest BCUT2D eigenvalue weighted by molar-refractivity contribution is 7.87. The van der Waals surface area contributed by atoms with Crippen molar-refractivity contribution >= 4 is 10.2 Å². The van der Waals surface area contributed by atoms with E-state index in [9.17, 15) is 8.42 Å². The molecule has 0 saturated carbocycles. The Morgan fingerprint density at radius 1 is 1.35 bits per heavy atom. The van der Waals surface area contributed by atoms with Gasteiger partial charge in [-0.3, -0.25) is 0 Å². The molecule has 0 amide bonds. The molecule has 0 bridgehead atoms. The molecule has 0 radical (unpaired) electrons. The number of rotatable bonds is 8. The standard InChI is InChI=1S/C10H21N3O3S/c1-2-3-9-16-10-6-12-17(14,15)13-7-4-11-5-8-13/h2,11-12H,1,3-10H2. The monoisotopic (exact) mass is 263 g/mol. The van der Waals surface area contributed by atoms with Crippen LogP contribution in [0.3, 0.4) is 0 Å². The summed E-state index contributed by atoms with van der Waals surface area (Å²) in [5.74, 6) is 0. The number of nitrogens with zero attached hydrogens (tertiary/aromatic N) is 1. The van der Waals surface area contributed by atoms with Crippen molar-refractivity contribution in [1.29, 1.82) is 0 Å². The summed E-state index contributed by atoms with van der Waals surface area (Å²) in [6.45, 7) is 7.31. The summed E-state index contributed by atoms with van der Waals surface area (Å²) < 4.78 is 32.8. The zero-order chi connectivity index (χ0) is 12.6. The lowest BCUT2D eigenvalue weighted by molar-refractivity contribution is 0.143. The Morgan fingerprint density at radius 2 is 2.06 bits per heavy atom. The Balaban J connectivity index is 2.17. The summed E-state index contributed by atoms with van der Waals surface area (Å²) in [7, 11) is -3.33. The van der Waals surface area contributed by atoms with Crippen LogP contribution in [0.1, 0.15) is 6.42 Å². The first-order valence-electron chi connectivity index (χ1n) is 5.81. The zero-order valence-corrected chi connectivity index (χ0v) is 10.8. The Labute approximate surface area is 103 Å². The van der Waals surface area contributed by atoms with Gasteiger partial charge in [0, 0.05) is 32.7 Å². The first-order chi connectivity index (χ1) is 8.17. The number of hydrogen-bond donors (Lipinski definition) is 2. The lowest BCUT2D eigenvalue weighted by Gasteiger charge is -2.26. The van der Waals surface area contributed by atoms with Gasteiger partial charge in [0.25, 0.3) is 10.2 Å². The van der Waals surface area contributed by atoms with Gasteiger partial charge in [0.1, 0.15) is 0 Å². The smallest absolute Gasteiger partial charge is 0.279 e. The molecule has 0 aromatic heterocycles. The largest absolute Gasteiger partial charge is 0.380 e. The molecule has 0 aromatic rings. The first kappa shape index (κ1) is 14.6. The van der Waals surface area contributed by atoms with Gasteiger partial charge in [0.05, 0.1) is 13.2 Å². The Bertz CT molecular complexity index is 313. The molecule has 0 unspecified atom stereocenters. The summed E-state index contributed by atoms with van der Waals surface area (Å²) >= 11 is 0. The average Bonchev–Trinajstić information content (AvgIpc) is 2.35. The van der Waals surface area contributed by atoms with Gasteiger partial charge in [0.2, 0.25) is 0 Å². The molecule has 1 aliphatic rings. The summed E-state index contributed by atoms with van der Waals surface area (Å²) in [5, 5.41) is 3.11. The van der Waals surface area contributed by atoms with Crippen molar-refractivity contribution in [2.45, 2.75) is 6.42 Å². The van der Waals surface area contributed by atoms with Gasteiger partial charge in [-0.05, 0) is 6.42 Å². The molecule has 0 aliphatic carbocycles. The minimum absolute atomic E-state index is 0.309. The van der Waals surface area contributed by atoms with Gasteiger partial charge < -0.3 is 10.1 Å². The van der Waals surface area contributed by atoms with Crippen molar-refractivity contribution in [3.63, 3.8) is 0 Å². The second-order valence-electron chi connectivity index (χ2n) is 3.74. The van der Waals surface area contributed by atoms with Gasteiger partial charge >= 0.3 is 0 Å². The van der Waals surface area contributed by atoms with Crippen LogP contribution in [0.15, 0.2) is 12.7 Å². The van der Waals surface area contributed by atoms with E-state index in [1.165, 1.54) is 4.31 Å². The third-order valence-corrected chi connectivity index (χ3v) is 4.03. The van der Waals surface area contributed by atoms with E-state index in [-0.39, 0.29) is 0 Å². The average molecular weight is 263 g/mol. The van der Waals surface area contributed by atoms with Crippen LogP contribution in [0.2, 0.25) is 0 Å². The van der Waals surface area contributed by atoms with Crippen LogP contribution >= 0.6 is 0 Å². The van der Waals surface area contributed by atoms with Gasteiger partial charge in [-0.2, -0.15) is 17.4 Å². The summed E-state index contributed by atoms with van der Waals surface area (Å²) in [6.07, 6.45) is 2.55. The Hall–Kier alpha value is -0.470. The van der Waals surface area contributed by atoms with Crippen LogP contribution in [-0.2, 0) is 14.9 Å². The van der Waals surface area contributed by atoms with E-state index in [2.05, 4.69) is 16.6 Å². The number of nitrogens with one attached hydrogen (secondary N) is 2. The molecule has 7 heteroatoms. The third kappa shape index (κ3) is 5.60. The molecule has 1 rings (SSSR count). The van der Waals surface area contributed by atoms with E-state index in [4.69, 9.17) is 4.74 Å². The van der Waals surface area contributed by atoms with Gasteiger partial charge in [-0.1, -0.05) is 6.08 Å². The topological polar surface area (TPSA) is 70.7 Å². The molecule has 1 saturated heterocycles. The van der Waals surface area contributed by atoms with Gasteiger partial charge in [-0.15, -0.1) is 6.58 Å². The Kier molecular flexibility index (Phi) is 6.68. The predicted molar refractivity (Wildman–Crippen MR) is 67.0 cm³/mol. The van der Waals surface area contributed by atoms with E-state index in [0.717, 1.165) is 6.42 Å². The second-order valence-corrected chi connectivity index (χ2v) is 5.49. The quantitative estimate of drug-likeness (QED) is 0.449. The SMILES string of the molecule is C=CCCOCCNS(=O)(=O)N1CCNCC1. The van der Waals surface area contributed by atoms with Crippen molar-refractivity contribution < 1.29 is 13.2 Å². The molecule has 1 aliphatic heterocycles. The van der Waals surface area contributed by atoms with Crippen LogP contribution in [0, 0.1) is 0 Å². The van der Waals surface area contributed by atoms with E-state index >= 15 is 0 Å². The maximum absolute atomic E-state index is 11.8. The number of hydrogen-bond acceptors (Lipinski definition) is 4. The minimum Gasteiger partial charge on any atom is -0.380 e. The zero-order valence-electron chi connectivity index (χ0n) is 10.0. The van der Waals surface area contributed by atoms with E-state index in [1.54, 1.807) is 6.08 Å². The fourth-order valence-corrected chi connectivity index (χ4v) is 2.67. The molecule has 1 heterocycles. The van der Waals surface area contributed by atoms with Crippen LogP contribution in [0.5, 0.6) is 0 Å². The second kappa shape index (κ2) is 7.78. The maximum atomic E-state index is 11.8. The van der Waals surface area contributed by atoms with Crippen LogP contribution in [-0.4, -0.2) is 58.7 Å². The first-order valence-corrected chi connectivity index (χ1v) is 7.25. The summed E-state index contributed by atoms with van der Waals surface area (Å²) in [6, 6.07) is 0. The lowest BCUT2D eigenvalue weighted by atomic mass is 10.4. The normalized spacial score (nSPS) is 18.1. The molecule has 1 fully saturated rings. The molecular formula is C10H21N3O3S. The fourth-order valence-electron chi connectivity index (χ4n) is 1.49. The predicted octanol–water partition coefficient (Wildman–Crippen LogP) is -0.681. The van der Waals surface area contributed by atoms with Crippen molar-refractivity contribution in [3.8, 4) is 0 Å². The minimum atomic E-state index is -3.33. The van der Waals surface area contributed by atoms with E-state index in [0.29, 0.717) is 45.9 Å². The van der Waals surface area contributed by atoms with Gasteiger partial charge in [0.15, 0.2) is 0 Å². The molecule has 0 atom stereocenters. The number of piperazine rings is 1. The highest BCUT2D eigenvalue weighted by atomic mass is 32.2. The highest BCUT2D eigenvalue weighted by Crippen LogP contribution is 1.99. The van der Waals surface area contributed by atoms with Crippen molar-refractivity contribution in [2.24, 2.45) is 0 Å². The van der Waals surface area contributed by atoms with Crippen molar-refractivity contribution in [1.82, 2.24) is 14.3 Å². The molecule has 0 spiro atoms. The fraction of sp³-hybridized carbons (Fsp3) is 0.800. The molecular weight excluding hydrogens is 242 g/mol. The molecule has 17 heavy (non-hydrogen) atoms. The molecule has 0 aromatic carbocycles. The van der Waals surface area contributed by atoms with Crippen molar-refractivity contribution in [3.05, 3.63) is 12.7 Å². The van der Waals surface area contributed by atoms with Gasteiger partial charge in [-0.25, -0.2) is 0 Å². The molecule has 100 valence electrons. The van der Waals surface area contributed by atoms with E-state index in [1.807, 2.05) is 0 Å². The van der Waals surface area contributed by atoms with E-state index < -0.39 is 10.2 Å². The Morgan fingerprint density at radius 3 is 2.71 bits per heavy atom. The summed E-state index contributed by atoms with van der Waals surface area (Å²) in [4.78, 5) is 0. The lowest BCUT2D eigenvalue weighted by Crippen LogP contribution is -2.50. The van der Waals surface area contributed by atoms with Crippen LogP contribution in [0.4, 0.5) is 0 Å². The third-order valence-electron chi connectivity index (χ3n) is 2.41. The van der Waals surface area contributed by atoms with Crippen molar-refractivity contribution in [2.75, 3.05) is 45.9 Å².